The van der Waals surface area contributed by atoms with Crippen molar-refractivity contribution in [1.82, 2.24) is 19.5 Å². The molecule has 3 heterocycles. The number of ether oxygens (including phenoxy) is 2. The van der Waals surface area contributed by atoms with Crippen LogP contribution in [0.25, 0.3) is 11.2 Å². The summed E-state index contributed by atoms with van der Waals surface area (Å²) in [5.41, 5.74) is 8.70. The van der Waals surface area contributed by atoms with Crippen molar-refractivity contribution in [3.63, 3.8) is 0 Å². The second-order valence-corrected chi connectivity index (χ2v) is 8.85. The van der Waals surface area contributed by atoms with Crippen molar-refractivity contribution in [1.29, 1.82) is 0 Å². The number of hydrogen-bond donors (Lipinski definition) is 1. The third kappa shape index (κ3) is 2.78. The fraction of sp³-hybridized carbons (Fsp3) is 0.292. The summed E-state index contributed by atoms with van der Waals surface area (Å²) in [7, 11) is 0. The van der Waals surface area contributed by atoms with E-state index in [0.29, 0.717) is 24.4 Å². The Morgan fingerprint density at radius 1 is 0.969 bits per heavy atom. The third-order valence-electron chi connectivity index (χ3n) is 6.62. The SMILES string of the molecule is Cc1nc2c(Cl)nc(N)nc2n1C12COC(c3ccccc3)(c3ccccc3)OCC1C2. The quantitative estimate of drug-likeness (QED) is 0.477. The Hall–Kier alpha value is -3.00. The molecule has 0 bridgehead atoms. The molecule has 1 aliphatic heterocycles. The number of benzene rings is 2. The summed E-state index contributed by atoms with van der Waals surface area (Å²) in [5, 5.41) is 0.261. The molecule has 0 amide bonds. The van der Waals surface area contributed by atoms with Crippen molar-refractivity contribution in [2.45, 2.75) is 24.7 Å². The largest absolute Gasteiger partial charge is 0.368 e. The summed E-state index contributed by atoms with van der Waals surface area (Å²) in [5.74, 6) is 0.201. The lowest BCUT2D eigenvalue weighted by Crippen LogP contribution is -2.36. The second kappa shape index (κ2) is 7.00. The number of nitrogens with zero attached hydrogens (tertiary/aromatic N) is 4. The number of halogens is 1. The molecule has 2 aromatic heterocycles. The van der Waals surface area contributed by atoms with E-state index >= 15 is 0 Å². The Morgan fingerprint density at radius 2 is 1.62 bits per heavy atom. The van der Waals surface area contributed by atoms with Gasteiger partial charge in [0.15, 0.2) is 10.8 Å². The fourth-order valence-electron chi connectivity index (χ4n) is 4.98. The van der Waals surface area contributed by atoms with Crippen LogP contribution >= 0.6 is 11.6 Å². The Bertz CT molecular complexity index is 1270. The molecule has 6 rings (SSSR count). The first-order valence-corrected chi connectivity index (χ1v) is 11.0. The van der Waals surface area contributed by atoms with Crippen LogP contribution in [0.4, 0.5) is 5.95 Å². The van der Waals surface area contributed by atoms with E-state index in [2.05, 4.69) is 19.5 Å². The molecule has 2 atom stereocenters. The van der Waals surface area contributed by atoms with E-state index in [-0.39, 0.29) is 22.6 Å². The predicted molar refractivity (Wildman–Crippen MR) is 121 cm³/mol. The molecule has 4 aromatic rings. The van der Waals surface area contributed by atoms with Gasteiger partial charge < -0.3 is 19.8 Å². The summed E-state index contributed by atoms with van der Waals surface area (Å²) >= 11 is 6.32. The lowest BCUT2D eigenvalue weighted by Gasteiger charge is -2.34. The van der Waals surface area contributed by atoms with Crippen LogP contribution in [0.5, 0.6) is 0 Å². The van der Waals surface area contributed by atoms with Crippen LogP contribution in [0.3, 0.4) is 0 Å². The Labute approximate surface area is 190 Å². The van der Waals surface area contributed by atoms with Gasteiger partial charge in [-0.25, -0.2) is 4.98 Å². The number of imidazole rings is 1. The van der Waals surface area contributed by atoms with Gasteiger partial charge in [0.25, 0.3) is 0 Å². The molecule has 2 unspecified atom stereocenters. The average molecular weight is 448 g/mol. The number of nitrogen functional groups attached to an aromatic ring is 1. The molecule has 162 valence electrons. The first kappa shape index (κ1) is 19.7. The highest BCUT2D eigenvalue weighted by molar-refractivity contribution is 6.33. The van der Waals surface area contributed by atoms with E-state index in [1.54, 1.807) is 0 Å². The maximum Gasteiger partial charge on any atom is 0.223 e. The Kier molecular flexibility index (Phi) is 4.30. The van der Waals surface area contributed by atoms with Crippen LogP contribution in [-0.4, -0.2) is 32.7 Å². The minimum Gasteiger partial charge on any atom is -0.368 e. The molecule has 0 radical (unpaired) electrons. The summed E-state index contributed by atoms with van der Waals surface area (Å²) < 4.78 is 15.4. The molecule has 1 saturated heterocycles. The number of nitrogens with two attached hydrogens (primary N) is 1. The Morgan fingerprint density at radius 3 is 2.28 bits per heavy atom. The van der Waals surface area contributed by atoms with Gasteiger partial charge in [-0.2, -0.15) is 9.97 Å². The second-order valence-electron chi connectivity index (χ2n) is 8.49. The molecule has 1 saturated carbocycles. The monoisotopic (exact) mass is 447 g/mol. The van der Waals surface area contributed by atoms with Gasteiger partial charge in [-0.1, -0.05) is 72.3 Å². The van der Waals surface area contributed by atoms with Crippen molar-refractivity contribution in [2.24, 2.45) is 5.92 Å². The maximum absolute atomic E-state index is 6.73. The number of anilines is 1. The van der Waals surface area contributed by atoms with Crippen molar-refractivity contribution in [2.75, 3.05) is 18.9 Å². The first-order chi connectivity index (χ1) is 15.5. The number of fused-ring (bicyclic) bond motifs is 2. The van der Waals surface area contributed by atoms with Gasteiger partial charge in [0, 0.05) is 17.0 Å². The van der Waals surface area contributed by atoms with Crippen LogP contribution in [0.1, 0.15) is 23.4 Å². The molecule has 2 aliphatic rings. The van der Waals surface area contributed by atoms with Crippen LogP contribution in [0.15, 0.2) is 60.7 Å². The lowest BCUT2D eigenvalue weighted by atomic mass is 9.97. The van der Waals surface area contributed by atoms with Crippen LogP contribution in [0, 0.1) is 12.8 Å². The highest BCUT2D eigenvalue weighted by Crippen LogP contribution is 2.56. The average Bonchev–Trinajstić information content (AvgIpc) is 3.43. The van der Waals surface area contributed by atoms with E-state index in [0.717, 1.165) is 23.4 Å². The van der Waals surface area contributed by atoms with Crippen molar-refractivity contribution in [3.05, 3.63) is 82.8 Å². The fourth-order valence-corrected chi connectivity index (χ4v) is 5.19. The summed E-state index contributed by atoms with van der Waals surface area (Å²) in [6.45, 7) is 2.93. The molecular formula is C24H22ClN5O2. The van der Waals surface area contributed by atoms with E-state index in [1.165, 1.54) is 0 Å². The first-order valence-electron chi connectivity index (χ1n) is 10.6. The molecule has 1 aliphatic carbocycles. The highest BCUT2D eigenvalue weighted by atomic mass is 35.5. The molecule has 2 fully saturated rings. The molecule has 2 aromatic carbocycles. The number of aromatic nitrogens is 4. The zero-order valence-corrected chi connectivity index (χ0v) is 18.3. The minimum atomic E-state index is -0.987. The number of rotatable bonds is 3. The minimum absolute atomic E-state index is 0.131. The van der Waals surface area contributed by atoms with E-state index in [4.69, 9.17) is 26.8 Å². The van der Waals surface area contributed by atoms with Gasteiger partial charge >= 0.3 is 0 Å². The topological polar surface area (TPSA) is 88.1 Å². The van der Waals surface area contributed by atoms with E-state index in [9.17, 15) is 0 Å². The van der Waals surface area contributed by atoms with Crippen molar-refractivity contribution < 1.29 is 9.47 Å². The van der Waals surface area contributed by atoms with Crippen LogP contribution in [0.2, 0.25) is 5.15 Å². The summed E-state index contributed by atoms with van der Waals surface area (Å²) in [4.78, 5) is 13.2. The van der Waals surface area contributed by atoms with E-state index in [1.807, 2.05) is 67.6 Å². The van der Waals surface area contributed by atoms with Crippen LogP contribution in [-0.2, 0) is 20.8 Å². The standard InChI is InChI=1S/C24H22ClN5O2/c1-15-27-19-20(25)28-22(26)29-21(19)30(15)23-12-18(23)13-31-24(32-14-23,16-8-4-2-5-9-16)17-10-6-3-7-11-17/h2-11,18H,12-14H2,1H3,(H2,26,28,29). The zero-order valence-electron chi connectivity index (χ0n) is 17.5. The normalized spacial score (nSPS) is 24.1. The van der Waals surface area contributed by atoms with Crippen molar-refractivity contribution in [3.8, 4) is 0 Å². The van der Waals surface area contributed by atoms with Gasteiger partial charge in [-0.05, 0) is 13.3 Å². The molecular weight excluding hydrogens is 426 g/mol. The molecule has 8 heteroatoms. The number of aryl methyl sites for hydroxylation is 1. The molecule has 7 nitrogen and oxygen atoms in total. The van der Waals surface area contributed by atoms with E-state index < -0.39 is 5.79 Å². The molecule has 32 heavy (non-hydrogen) atoms. The zero-order chi connectivity index (χ0) is 21.9. The van der Waals surface area contributed by atoms with Gasteiger partial charge in [0.05, 0.1) is 18.8 Å². The van der Waals surface area contributed by atoms with Gasteiger partial charge in [0.1, 0.15) is 11.3 Å². The van der Waals surface area contributed by atoms with Gasteiger partial charge in [-0.3, -0.25) is 0 Å². The van der Waals surface area contributed by atoms with Crippen LogP contribution < -0.4 is 5.73 Å². The van der Waals surface area contributed by atoms with Gasteiger partial charge in [-0.15, -0.1) is 0 Å². The van der Waals surface area contributed by atoms with Crippen molar-refractivity contribution >= 4 is 28.7 Å². The third-order valence-corrected chi connectivity index (χ3v) is 6.88. The summed E-state index contributed by atoms with van der Waals surface area (Å²) in [6.07, 6.45) is 0.903. The number of hydrogen-bond acceptors (Lipinski definition) is 6. The summed E-state index contributed by atoms with van der Waals surface area (Å²) in [6, 6.07) is 20.2. The highest BCUT2D eigenvalue weighted by Gasteiger charge is 2.61. The smallest absolute Gasteiger partial charge is 0.223 e. The molecule has 2 N–H and O–H groups in total. The lowest BCUT2D eigenvalue weighted by molar-refractivity contribution is -0.213. The van der Waals surface area contributed by atoms with Gasteiger partial charge in [0.2, 0.25) is 11.7 Å². The molecule has 0 spiro atoms. The Balaban J connectivity index is 1.47. The maximum atomic E-state index is 6.73. The predicted octanol–water partition coefficient (Wildman–Crippen LogP) is 4.03.